The van der Waals surface area contributed by atoms with Gasteiger partial charge in [-0.25, -0.2) is 9.59 Å². The molecule has 0 heterocycles. The van der Waals surface area contributed by atoms with Crippen LogP contribution in [-0.2, 0) is 0 Å². The number of phenols is 1. The Balaban J connectivity index is 2.12. The number of carboxylic acid groups (broad SMARTS) is 1. The minimum Gasteiger partial charge on any atom is -0.505 e. The van der Waals surface area contributed by atoms with Crippen molar-refractivity contribution in [2.75, 3.05) is 12.4 Å². The van der Waals surface area contributed by atoms with Gasteiger partial charge in [0.2, 0.25) is 0 Å². The number of hydrogen-bond donors (Lipinski definition) is 3. The fraction of sp³-hybridized carbons (Fsp3) is 0.0667. The largest absolute Gasteiger partial charge is 0.505 e. The Hall–Kier alpha value is -3.22. The molecule has 0 aliphatic rings. The lowest BCUT2D eigenvalue weighted by Gasteiger charge is -2.10. The van der Waals surface area contributed by atoms with Gasteiger partial charge in [0.1, 0.15) is 17.1 Å². The fourth-order valence-electron chi connectivity index (χ4n) is 1.72. The zero-order valence-electron chi connectivity index (χ0n) is 11.6. The van der Waals surface area contributed by atoms with Crippen molar-refractivity contribution < 1.29 is 29.3 Å². The molecule has 2 rings (SSSR count). The summed E-state index contributed by atoms with van der Waals surface area (Å²) < 4.78 is 10.0. The quantitative estimate of drug-likeness (QED) is 0.750. The van der Waals surface area contributed by atoms with Crippen molar-refractivity contribution in [3.05, 3.63) is 48.0 Å². The minimum atomic E-state index is -1.30. The maximum absolute atomic E-state index is 11.8. The number of aromatic carboxylic acids is 1. The number of benzene rings is 2. The van der Waals surface area contributed by atoms with Gasteiger partial charge in [0.25, 0.3) is 0 Å². The van der Waals surface area contributed by atoms with Crippen LogP contribution in [0.25, 0.3) is 0 Å². The zero-order valence-corrected chi connectivity index (χ0v) is 11.6. The Morgan fingerprint density at radius 3 is 2.45 bits per heavy atom. The smallest absolute Gasteiger partial charge is 0.417 e. The van der Waals surface area contributed by atoms with Gasteiger partial charge in [0, 0.05) is 6.07 Å². The molecule has 0 aromatic heterocycles. The van der Waals surface area contributed by atoms with E-state index in [0.29, 0.717) is 5.75 Å². The highest BCUT2D eigenvalue weighted by atomic mass is 16.6. The van der Waals surface area contributed by atoms with Crippen molar-refractivity contribution in [1.29, 1.82) is 0 Å². The van der Waals surface area contributed by atoms with Crippen LogP contribution in [0.5, 0.6) is 17.2 Å². The molecule has 0 aliphatic carbocycles. The molecule has 0 spiro atoms. The Morgan fingerprint density at radius 1 is 1.09 bits per heavy atom. The van der Waals surface area contributed by atoms with Crippen molar-refractivity contribution in [2.24, 2.45) is 0 Å². The van der Waals surface area contributed by atoms with Gasteiger partial charge >= 0.3 is 12.1 Å². The van der Waals surface area contributed by atoms with Gasteiger partial charge in [-0.3, -0.25) is 5.32 Å². The Bertz CT molecular complexity index is 713. The summed E-state index contributed by atoms with van der Waals surface area (Å²) >= 11 is 0. The number of aromatic hydroxyl groups is 1. The third-order valence-electron chi connectivity index (χ3n) is 2.75. The molecule has 1 amide bonds. The number of para-hydroxylation sites is 1. The first-order valence-corrected chi connectivity index (χ1v) is 6.19. The number of methoxy groups -OCH3 is 1. The lowest BCUT2D eigenvalue weighted by Crippen LogP contribution is -2.17. The summed E-state index contributed by atoms with van der Waals surface area (Å²) in [6.45, 7) is 0. The molecule has 7 heteroatoms. The Kier molecular flexibility index (Phi) is 4.47. The number of hydrogen-bond acceptors (Lipinski definition) is 5. The van der Waals surface area contributed by atoms with Crippen LogP contribution in [0.3, 0.4) is 0 Å². The monoisotopic (exact) mass is 303 g/mol. The van der Waals surface area contributed by atoms with Crippen LogP contribution in [0.1, 0.15) is 10.4 Å². The van der Waals surface area contributed by atoms with Crippen molar-refractivity contribution in [3.8, 4) is 17.2 Å². The number of amides is 1. The van der Waals surface area contributed by atoms with E-state index in [1.54, 1.807) is 18.2 Å². The average Bonchev–Trinajstić information content (AvgIpc) is 2.49. The lowest BCUT2D eigenvalue weighted by molar-refractivity contribution is 0.0693. The van der Waals surface area contributed by atoms with E-state index in [-0.39, 0.29) is 17.0 Å². The summed E-state index contributed by atoms with van der Waals surface area (Å²) in [5.41, 5.74) is -0.382. The molecular weight excluding hydrogens is 290 g/mol. The van der Waals surface area contributed by atoms with Crippen LogP contribution in [0, 0.1) is 0 Å². The molecular formula is C15H13NO6. The van der Waals surface area contributed by atoms with E-state index in [9.17, 15) is 14.7 Å². The third-order valence-corrected chi connectivity index (χ3v) is 2.75. The van der Waals surface area contributed by atoms with Crippen molar-refractivity contribution >= 4 is 17.7 Å². The van der Waals surface area contributed by atoms with E-state index in [0.717, 1.165) is 0 Å². The highest BCUT2D eigenvalue weighted by Crippen LogP contribution is 2.28. The SMILES string of the molecule is COc1cccc(OC(=O)Nc2cccc(C(=O)O)c2O)c1. The van der Waals surface area contributed by atoms with Crippen LogP contribution < -0.4 is 14.8 Å². The number of rotatable bonds is 4. The van der Waals surface area contributed by atoms with Crippen LogP contribution >= 0.6 is 0 Å². The molecule has 0 radical (unpaired) electrons. The fourth-order valence-corrected chi connectivity index (χ4v) is 1.72. The molecule has 0 fully saturated rings. The summed E-state index contributed by atoms with van der Waals surface area (Å²) in [7, 11) is 1.48. The maximum atomic E-state index is 11.8. The second kappa shape index (κ2) is 6.49. The number of carbonyl (C=O) groups is 2. The van der Waals surface area contributed by atoms with Crippen LogP contribution in [-0.4, -0.2) is 29.4 Å². The molecule has 0 bridgehead atoms. The Labute approximate surface area is 125 Å². The lowest BCUT2D eigenvalue weighted by atomic mass is 10.2. The summed E-state index contributed by atoms with van der Waals surface area (Å²) in [6, 6.07) is 10.4. The van der Waals surface area contributed by atoms with Crippen LogP contribution in [0.2, 0.25) is 0 Å². The molecule has 0 atom stereocenters. The van der Waals surface area contributed by atoms with Gasteiger partial charge in [0.15, 0.2) is 5.75 Å². The molecule has 2 aromatic rings. The highest BCUT2D eigenvalue weighted by Gasteiger charge is 2.15. The molecule has 0 saturated carbocycles. The predicted octanol–water partition coefficient (Wildman–Crippen LogP) is 2.71. The molecule has 0 aliphatic heterocycles. The molecule has 3 N–H and O–H groups in total. The van der Waals surface area contributed by atoms with Crippen molar-refractivity contribution in [1.82, 2.24) is 0 Å². The number of nitrogens with one attached hydrogen (secondary N) is 1. The van der Waals surface area contributed by atoms with E-state index < -0.39 is 17.8 Å². The molecule has 22 heavy (non-hydrogen) atoms. The number of carboxylic acids is 1. The average molecular weight is 303 g/mol. The summed E-state index contributed by atoms with van der Waals surface area (Å²) in [4.78, 5) is 22.7. The second-order valence-corrected chi connectivity index (χ2v) is 4.20. The van der Waals surface area contributed by atoms with Gasteiger partial charge < -0.3 is 19.7 Å². The predicted molar refractivity (Wildman–Crippen MR) is 77.7 cm³/mol. The van der Waals surface area contributed by atoms with Crippen LogP contribution in [0.4, 0.5) is 10.5 Å². The van der Waals surface area contributed by atoms with Crippen molar-refractivity contribution in [2.45, 2.75) is 0 Å². The van der Waals surface area contributed by atoms with Gasteiger partial charge in [0.05, 0.1) is 12.8 Å². The summed E-state index contributed by atoms with van der Waals surface area (Å²) in [5, 5.41) is 21.0. The van der Waals surface area contributed by atoms with E-state index in [1.807, 2.05) is 0 Å². The molecule has 0 saturated heterocycles. The topological polar surface area (TPSA) is 105 Å². The van der Waals surface area contributed by atoms with Gasteiger partial charge in [-0.1, -0.05) is 12.1 Å². The molecule has 7 nitrogen and oxygen atoms in total. The number of anilines is 1. The van der Waals surface area contributed by atoms with Crippen LogP contribution in [0.15, 0.2) is 42.5 Å². The zero-order chi connectivity index (χ0) is 16.1. The normalized spacial score (nSPS) is 9.86. The first kappa shape index (κ1) is 15.2. The standard InChI is InChI=1S/C15H13NO6/c1-21-9-4-2-5-10(8-9)22-15(20)16-12-7-3-6-11(13(12)17)14(18)19/h2-8,17H,1H3,(H,16,20)(H,18,19). The van der Waals surface area contributed by atoms with E-state index in [1.165, 1.54) is 31.4 Å². The van der Waals surface area contributed by atoms with E-state index in [2.05, 4.69) is 5.32 Å². The van der Waals surface area contributed by atoms with E-state index >= 15 is 0 Å². The first-order valence-electron chi connectivity index (χ1n) is 6.19. The van der Waals surface area contributed by atoms with Crippen molar-refractivity contribution in [3.63, 3.8) is 0 Å². The van der Waals surface area contributed by atoms with E-state index in [4.69, 9.17) is 14.6 Å². The van der Waals surface area contributed by atoms with Gasteiger partial charge in [-0.15, -0.1) is 0 Å². The third kappa shape index (κ3) is 3.45. The minimum absolute atomic E-state index is 0.0622. The summed E-state index contributed by atoms with van der Waals surface area (Å²) in [5.74, 6) is -1.09. The second-order valence-electron chi connectivity index (χ2n) is 4.20. The number of carbonyl (C=O) groups excluding carboxylic acids is 1. The molecule has 114 valence electrons. The van der Waals surface area contributed by atoms with Gasteiger partial charge in [-0.2, -0.15) is 0 Å². The summed E-state index contributed by atoms with van der Waals surface area (Å²) in [6.07, 6.45) is -0.869. The first-order chi connectivity index (χ1) is 10.5. The Morgan fingerprint density at radius 2 is 1.77 bits per heavy atom. The molecule has 0 unspecified atom stereocenters. The van der Waals surface area contributed by atoms with Gasteiger partial charge in [-0.05, 0) is 24.3 Å². The highest BCUT2D eigenvalue weighted by molar-refractivity contribution is 5.96. The molecule has 2 aromatic carbocycles. The maximum Gasteiger partial charge on any atom is 0.417 e. The number of ether oxygens (including phenoxy) is 2.